The number of rotatable bonds is 6. The van der Waals surface area contributed by atoms with Crippen LogP contribution >= 0.6 is 0 Å². The van der Waals surface area contributed by atoms with Gasteiger partial charge in [0.2, 0.25) is 5.91 Å². The van der Waals surface area contributed by atoms with Crippen LogP contribution in [0.5, 0.6) is 11.5 Å². The molecule has 6 nitrogen and oxygen atoms in total. The number of nitrogens with zero attached hydrogens (tertiary/aromatic N) is 1. The van der Waals surface area contributed by atoms with E-state index in [1.165, 1.54) is 31.2 Å². The molecule has 4 fully saturated rings. The molecular formula is C35H53NO5. The normalized spacial score (nSPS) is 40.6. The third-order valence-corrected chi connectivity index (χ3v) is 13.3. The molecule has 2 N–H and O–H groups in total. The molecule has 10 atom stereocenters. The van der Waals surface area contributed by atoms with Crippen molar-refractivity contribution in [1.82, 2.24) is 4.90 Å². The number of hydrogen-bond acceptors (Lipinski definition) is 5. The van der Waals surface area contributed by atoms with Gasteiger partial charge in [0.05, 0.1) is 26.4 Å². The SMILES string of the molecule is COc1cc2c(cc1OC)CN(C(=O)CC[C@@H](C)[C@@H]1CC[C@@H]3[C@H]4[C@@H](CC[C@@]31C)[C@@]1(C)CC[C@@H](O)C[C@@H]1C[C@@H]4O)CC2. The van der Waals surface area contributed by atoms with E-state index in [2.05, 4.69) is 26.8 Å². The van der Waals surface area contributed by atoms with E-state index in [9.17, 15) is 15.0 Å². The van der Waals surface area contributed by atoms with E-state index in [4.69, 9.17) is 9.47 Å². The van der Waals surface area contributed by atoms with Gasteiger partial charge in [0, 0.05) is 19.5 Å². The van der Waals surface area contributed by atoms with Crippen molar-refractivity contribution in [3.8, 4) is 11.5 Å². The Labute approximate surface area is 247 Å². The van der Waals surface area contributed by atoms with E-state index in [1.807, 2.05) is 11.0 Å². The summed E-state index contributed by atoms with van der Waals surface area (Å²) in [6.07, 6.45) is 10.7. The van der Waals surface area contributed by atoms with Crippen molar-refractivity contribution in [2.45, 2.75) is 110 Å². The van der Waals surface area contributed by atoms with Crippen molar-refractivity contribution < 1.29 is 24.5 Å². The minimum atomic E-state index is -0.232. The molecule has 5 aliphatic rings. The lowest BCUT2D eigenvalue weighted by Crippen LogP contribution is -2.58. The Morgan fingerprint density at radius 1 is 0.976 bits per heavy atom. The van der Waals surface area contributed by atoms with Crippen molar-refractivity contribution >= 4 is 5.91 Å². The highest BCUT2D eigenvalue weighted by atomic mass is 16.5. The molecule has 0 spiro atoms. The minimum Gasteiger partial charge on any atom is -0.493 e. The summed E-state index contributed by atoms with van der Waals surface area (Å²) >= 11 is 0. The van der Waals surface area contributed by atoms with Gasteiger partial charge in [-0.3, -0.25) is 4.79 Å². The molecule has 1 aromatic rings. The van der Waals surface area contributed by atoms with Gasteiger partial charge in [-0.2, -0.15) is 0 Å². The number of aliphatic hydroxyl groups is 2. The summed E-state index contributed by atoms with van der Waals surface area (Å²) in [6.45, 7) is 8.80. The first-order valence-electron chi connectivity index (χ1n) is 16.5. The van der Waals surface area contributed by atoms with Gasteiger partial charge in [0.15, 0.2) is 11.5 Å². The smallest absolute Gasteiger partial charge is 0.222 e. The predicted octanol–water partition coefficient (Wildman–Crippen LogP) is 6.00. The molecule has 1 aromatic carbocycles. The number of hydrogen-bond donors (Lipinski definition) is 2. The summed E-state index contributed by atoms with van der Waals surface area (Å²) in [4.78, 5) is 15.4. The van der Waals surface area contributed by atoms with Crippen LogP contribution in [0.2, 0.25) is 0 Å². The second kappa shape index (κ2) is 11.0. The summed E-state index contributed by atoms with van der Waals surface area (Å²) in [5, 5.41) is 21.9. The van der Waals surface area contributed by atoms with E-state index < -0.39 is 0 Å². The molecule has 4 saturated carbocycles. The van der Waals surface area contributed by atoms with Gasteiger partial charge < -0.3 is 24.6 Å². The van der Waals surface area contributed by atoms with E-state index in [0.717, 1.165) is 62.1 Å². The highest BCUT2D eigenvalue weighted by molar-refractivity contribution is 5.76. The lowest BCUT2D eigenvalue weighted by molar-refractivity contribution is -0.174. The molecule has 6 rings (SSSR count). The molecule has 228 valence electrons. The molecule has 0 unspecified atom stereocenters. The molecule has 1 heterocycles. The molecule has 0 saturated heterocycles. The van der Waals surface area contributed by atoms with Crippen molar-refractivity contribution in [3.05, 3.63) is 23.3 Å². The van der Waals surface area contributed by atoms with Gasteiger partial charge in [-0.15, -0.1) is 0 Å². The molecule has 0 bridgehead atoms. The van der Waals surface area contributed by atoms with Crippen LogP contribution in [0.25, 0.3) is 0 Å². The van der Waals surface area contributed by atoms with Crippen LogP contribution in [0.15, 0.2) is 12.1 Å². The van der Waals surface area contributed by atoms with Crippen LogP contribution in [0.1, 0.15) is 96.1 Å². The molecule has 1 amide bonds. The zero-order chi connectivity index (χ0) is 29.1. The number of fused-ring (bicyclic) bond motifs is 6. The standard InChI is InChI=1S/C35H53NO5/c1-21(6-9-32(39)36-15-12-22-16-30(40-4)31(41-5)17-23(22)20-36)26-7-8-27-33-28(11-14-35(26,27)3)34(2)13-10-25(37)18-24(34)19-29(33)38/h16-17,21,24-29,33,37-38H,6-15,18-20H2,1-5H3/t21-,24-,25-,26+,27-,28-,29+,33+,34+,35-/m1/s1. The zero-order valence-electron chi connectivity index (χ0n) is 26.0. The van der Waals surface area contributed by atoms with E-state index in [0.29, 0.717) is 48.5 Å². The maximum Gasteiger partial charge on any atom is 0.222 e. The summed E-state index contributed by atoms with van der Waals surface area (Å²) in [5.41, 5.74) is 2.92. The number of carbonyl (C=O) groups is 1. The minimum absolute atomic E-state index is 0.184. The highest BCUT2D eigenvalue weighted by Gasteiger charge is 2.62. The number of amides is 1. The first-order valence-corrected chi connectivity index (χ1v) is 16.5. The van der Waals surface area contributed by atoms with Crippen LogP contribution in [-0.2, 0) is 17.8 Å². The quantitative estimate of drug-likeness (QED) is 0.441. The summed E-state index contributed by atoms with van der Waals surface area (Å²) in [7, 11) is 3.32. The predicted molar refractivity (Wildman–Crippen MR) is 160 cm³/mol. The lowest BCUT2D eigenvalue weighted by atomic mass is 9.43. The van der Waals surface area contributed by atoms with Gasteiger partial charge in [-0.1, -0.05) is 20.8 Å². The average molecular weight is 568 g/mol. The van der Waals surface area contributed by atoms with E-state index in [-0.39, 0.29) is 28.9 Å². The maximum atomic E-state index is 13.4. The number of carbonyl (C=O) groups excluding carboxylic acids is 1. The Bertz CT molecular complexity index is 1140. The number of methoxy groups -OCH3 is 2. The lowest BCUT2D eigenvalue weighted by Gasteiger charge is -2.62. The second-order valence-corrected chi connectivity index (χ2v) is 15.0. The third-order valence-electron chi connectivity index (χ3n) is 13.3. The monoisotopic (exact) mass is 567 g/mol. The molecule has 1 aliphatic heterocycles. The fourth-order valence-corrected chi connectivity index (χ4v) is 11.0. The molecule has 0 radical (unpaired) electrons. The van der Waals surface area contributed by atoms with Gasteiger partial charge in [-0.05, 0) is 134 Å². The van der Waals surface area contributed by atoms with Gasteiger partial charge in [0.1, 0.15) is 0 Å². The van der Waals surface area contributed by atoms with Crippen LogP contribution < -0.4 is 9.47 Å². The summed E-state index contributed by atoms with van der Waals surface area (Å²) < 4.78 is 11.0. The van der Waals surface area contributed by atoms with Crippen LogP contribution in [-0.4, -0.2) is 54.0 Å². The average Bonchev–Trinajstić information content (AvgIpc) is 3.32. The van der Waals surface area contributed by atoms with Gasteiger partial charge in [0.25, 0.3) is 0 Å². The first kappa shape index (κ1) is 29.3. The van der Waals surface area contributed by atoms with Crippen molar-refractivity contribution in [3.63, 3.8) is 0 Å². The third kappa shape index (κ3) is 4.89. The molecular weight excluding hydrogens is 514 g/mol. The Kier molecular flexibility index (Phi) is 7.89. The Morgan fingerprint density at radius 3 is 2.39 bits per heavy atom. The van der Waals surface area contributed by atoms with Crippen LogP contribution in [0.4, 0.5) is 0 Å². The van der Waals surface area contributed by atoms with Gasteiger partial charge >= 0.3 is 0 Å². The Morgan fingerprint density at radius 2 is 1.66 bits per heavy atom. The zero-order valence-corrected chi connectivity index (χ0v) is 26.0. The van der Waals surface area contributed by atoms with Crippen molar-refractivity contribution in [1.29, 1.82) is 0 Å². The van der Waals surface area contributed by atoms with Crippen LogP contribution in [0, 0.1) is 46.3 Å². The van der Waals surface area contributed by atoms with E-state index >= 15 is 0 Å². The molecule has 4 aliphatic carbocycles. The fourth-order valence-electron chi connectivity index (χ4n) is 11.0. The maximum absolute atomic E-state index is 13.4. The second-order valence-electron chi connectivity index (χ2n) is 15.0. The van der Waals surface area contributed by atoms with Gasteiger partial charge in [-0.25, -0.2) is 0 Å². The molecule has 0 aromatic heterocycles. The number of aliphatic hydroxyl groups excluding tert-OH is 2. The van der Waals surface area contributed by atoms with Crippen LogP contribution in [0.3, 0.4) is 0 Å². The highest BCUT2D eigenvalue weighted by Crippen LogP contribution is 2.68. The van der Waals surface area contributed by atoms with E-state index in [1.54, 1.807) is 14.2 Å². The topological polar surface area (TPSA) is 79.2 Å². The fraction of sp³-hybridized carbons (Fsp3) is 0.800. The van der Waals surface area contributed by atoms with Crippen molar-refractivity contribution in [2.75, 3.05) is 20.8 Å². The number of benzene rings is 1. The number of ether oxygens (including phenoxy) is 2. The Balaban J connectivity index is 1.09. The first-order chi connectivity index (χ1) is 19.6. The summed E-state index contributed by atoms with van der Waals surface area (Å²) in [5.74, 6) is 4.87. The summed E-state index contributed by atoms with van der Waals surface area (Å²) in [6, 6.07) is 4.09. The largest absolute Gasteiger partial charge is 0.493 e. The van der Waals surface area contributed by atoms with Crippen molar-refractivity contribution in [2.24, 2.45) is 46.3 Å². The molecule has 41 heavy (non-hydrogen) atoms. The Hall–Kier alpha value is -1.79. The molecule has 6 heteroatoms.